The lowest BCUT2D eigenvalue weighted by Crippen LogP contribution is -2.53. The molecule has 31 heavy (non-hydrogen) atoms. The van der Waals surface area contributed by atoms with E-state index in [-0.39, 0.29) is 23.9 Å². The van der Waals surface area contributed by atoms with Crippen LogP contribution in [0.4, 0.5) is 0 Å². The third-order valence-corrected chi connectivity index (χ3v) is 7.11. The molecule has 7 heteroatoms. The average molecular weight is 445 g/mol. The highest BCUT2D eigenvalue weighted by molar-refractivity contribution is 6.31. The number of aromatic amines is 1. The van der Waals surface area contributed by atoms with Crippen LogP contribution in [0.2, 0.25) is 5.02 Å². The van der Waals surface area contributed by atoms with Gasteiger partial charge in [0.2, 0.25) is 5.91 Å². The molecule has 2 amide bonds. The van der Waals surface area contributed by atoms with E-state index in [1.165, 1.54) is 12.8 Å². The number of hydrogen-bond acceptors (Lipinski definition) is 3. The summed E-state index contributed by atoms with van der Waals surface area (Å²) in [5.41, 5.74) is 1.41. The maximum absolute atomic E-state index is 12.9. The number of piperidine rings is 1. The Morgan fingerprint density at radius 3 is 2.52 bits per heavy atom. The van der Waals surface area contributed by atoms with Crippen molar-refractivity contribution in [3.63, 3.8) is 0 Å². The van der Waals surface area contributed by atoms with Crippen molar-refractivity contribution in [1.82, 2.24) is 20.5 Å². The number of carbonyl (C=O) groups is 2. The van der Waals surface area contributed by atoms with E-state index in [0.29, 0.717) is 23.1 Å². The number of hydrogen-bond donors (Lipinski definition) is 3. The summed E-state index contributed by atoms with van der Waals surface area (Å²) in [6, 6.07) is 7.32. The monoisotopic (exact) mass is 444 g/mol. The fraction of sp³-hybridized carbons (Fsp3) is 0.583. The number of likely N-dealkylation sites (tertiary alicyclic amines) is 1. The Morgan fingerprint density at radius 1 is 1.06 bits per heavy atom. The van der Waals surface area contributed by atoms with E-state index >= 15 is 0 Å². The molecule has 0 unspecified atom stereocenters. The minimum absolute atomic E-state index is 0.00140. The van der Waals surface area contributed by atoms with Crippen LogP contribution < -0.4 is 10.6 Å². The van der Waals surface area contributed by atoms with Gasteiger partial charge < -0.3 is 20.5 Å². The first-order chi connectivity index (χ1) is 15.0. The van der Waals surface area contributed by atoms with Crippen molar-refractivity contribution in [2.75, 3.05) is 20.1 Å². The van der Waals surface area contributed by atoms with Gasteiger partial charge in [0, 0.05) is 34.4 Å². The summed E-state index contributed by atoms with van der Waals surface area (Å²) in [4.78, 5) is 31.0. The fourth-order valence-electron chi connectivity index (χ4n) is 4.91. The van der Waals surface area contributed by atoms with Gasteiger partial charge in [-0.05, 0) is 82.4 Å². The number of nitrogens with one attached hydrogen (secondary N) is 3. The van der Waals surface area contributed by atoms with Gasteiger partial charge in [0.15, 0.2) is 0 Å². The number of nitrogens with zero attached hydrogens (tertiary/aromatic N) is 1. The van der Waals surface area contributed by atoms with Crippen LogP contribution in [0.15, 0.2) is 24.3 Å². The maximum atomic E-state index is 12.9. The molecule has 1 saturated heterocycles. The van der Waals surface area contributed by atoms with Crippen molar-refractivity contribution >= 4 is 34.3 Å². The second kappa shape index (κ2) is 10.0. The molecule has 6 nitrogen and oxygen atoms in total. The molecule has 2 aromatic rings. The highest BCUT2D eigenvalue weighted by atomic mass is 35.5. The molecule has 0 bridgehead atoms. The number of benzene rings is 1. The van der Waals surface area contributed by atoms with Gasteiger partial charge in [0.05, 0.1) is 0 Å². The number of aromatic nitrogens is 1. The summed E-state index contributed by atoms with van der Waals surface area (Å²) in [5.74, 6) is 0.634. The van der Waals surface area contributed by atoms with Gasteiger partial charge in [-0.1, -0.05) is 24.4 Å². The molecule has 2 heterocycles. The zero-order chi connectivity index (χ0) is 21.8. The molecule has 168 valence electrons. The van der Waals surface area contributed by atoms with Crippen molar-refractivity contribution in [2.24, 2.45) is 5.92 Å². The van der Waals surface area contributed by atoms with Crippen LogP contribution in [0, 0.1) is 5.92 Å². The Kier molecular flexibility index (Phi) is 7.18. The van der Waals surface area contributed by atoms with Crippen molar-refractivity contribution in [2.45, 2.75) is 63.5 Å². The van der Waals surface area contributed by atoms with Crippen LogP contribution in [-0.4, -0.2) is 53.9 Å². The SMILES string of the molecule is CN1CCC(CCC(=O)N[C@@H]2CCCC[C@@H]2NC(=O)c2cc3cc(Cl)ccc3[nH]2)CC1. The molecule has 0 spiro atoms. The number of fused-ring (bicyclic) bond motifs is 1. The molecule has 1 aliphatic carbocycles. The minimum Gasteiger partial charge on any atom is -0.351 e. The highest BCUT2D eigenvalue weighted by Crippen LogP contribution is 2.23. The first-order valence-corrected chi connectivity index (χ1v) is 11.9. The van der Waals surface area contributed by atoms with Gasteiger partial charge in [0.25, 0.3) is 5.91 Å². The van der Waals surface area contributed by atoms with Crippen molar-refractivity contribution in [3.8, 4) is 0 Å². The molecule has 3 N–H and O–H groups in total. The molecule has 1 aromatic heterocycles. The van der Waals surface area contributed by atoms with Crippen molar-refractivity contribution in [1.29, 1.82) is 0 Å². The largest absolute Gasteiger partial charge is 0.351 e. The van der Waals surface area contributed by atoms with E-state index in [1.54, 1.807) is 6.07 Å². The molecule has 1 aliphatic heterocycles. The molecule has 4 rings (SSSR count). The molecule has 2 fully saturated rings. The van der Waals surface area contributed by atoms with Crippen LogP contribution in [-0.2, 0) is 4.79 Å². The fourth-order valence-corrected chi connectivity index (χ4v) is 5.09. The minimum atomic E-state index is -0.134. The highest BCUT2D eigenvalue weighted by Gasteiger charge is 2.29. The summed E-state index contributed by atoms with van der Waals surface area (Å²) < 4.78 is 0. The Balaban J connectivity index is 1.31. The topological polar surface area (TPSA) is 77.2 Å². The summed E-state index contributed by atoms with van der Waals surface area (Å²) in [5, 5.41) is 7.93. The smallest absolute Gasteiger partial charge is 0.268 e. The standard InChI is InChI=1S/C24H33ClN4O2/c1-29-12-10-16(11-13-29)6-9-23(30)27-20-4-2-3-5-21(20)28-24(31)22-15-17-14-18(25)7-8-19(17)26-22/h7-8,14-16,20-21,26H,2-6,9-13H2,1H3,(H,27,30)(H,28,31)/t20-,21+/m1/s1. The average Bonchev–Trinajstić information content (AvgIpc) is 3.18. The number of H-pyrrole nitrogens is 1. The molecule has 0 radical (unpaired) electrons. The number of carbonyl (C=O) groups excluding carboxylic acids is 2. The lowest BCUT2D eigenvalue weighted by atomic mass is 9.89. The lowest BCUT2D eigenvalue weighted by molar-refractivity contribution is -0.122. The zero-order valence-corrected chi connectivity index (χ0v) is 19.0. The first-order valence-electron chi connectivity index (χ1n) is 11.5. The predicted octanol–water partition coefficient (Wildman–Crippen LogP) is 4.10. The molecular weight excluding hydrogens is 412 g/mol. The van der Waals surface area contributed by atoms with Gasteiger partial charge in [-0.15, -0.1) is 0 Å². The molecule has 2 aliphatic rings. The van der Waals surface area contributed by atoms with E-state index in [9.17, 15) is 9.59 Å². The normalized spacial score (nSPS) is 23.0. The van der Waals surface area contributed by atoms with Gasteiger partial charge in [-0.2, -0.15) is 0 Å². The lowest BCUT2D eigenvalue weighted by Gasteiger charge is -2.33. The second-order valence-corrected chi connectivity index (χ2v) is 9.67. The molecule has 1 saturated carbocycles. The Morgan fingerprint density at radius 2 is 1.77 bits per heavy atom. The third-order valence-electron chi connectivity index (χ3n) is 6.87. The van der Waals surface area contributed by atoms with Crippen LogP contribution in [0.5, 0.6) is 0 Å². The molecule has 2 atom stereocenters. The first kappa shape index (κ1) is 22.2. The van der Waals surface area contributed by atoms with Gasteiger partial charge in [-0.25, -0.2) is 0 Å². The van der Waals surface area contributed by atoms with Crippen molar-refractivity contribution < 1.29 is 9.59 Å². The van der Waals surface area contributed by atoms with E-state index in [0.717, 1.165) is 56.1 Å². The maximum Gasteiger partial charge on any atom is 0.268 e. The zero-order valence-electron chi connectivity index (χ0n) is 18.3. The molecular formula is C24H33ClN4O2. The third kappa shape index (κ3) is 5.80. The summed E-state index contributed by atoms with van der Waals surface area (Å²) in [6.45, 7) is 2.26. The van der Waals surface area contributed by atoms with Crippen molar-refractivity contribution in [3.05, 3.63) is 35.0 Å². The summed E-state index contributed by atoms with van der Waals surface area (Å²) >= 11 is 6.06. The summed E-state index contributed by atoms with van der Waals surface area (Å²) in [6.07, 6.45) is 7.84. The molecule has 1 aromatic carbocycles. The predicted molar refractivity (Wildman–Crippen MR) is 124 cm³/mol. The summed E-state index contributed by atoms with van der Waals surface area (Å²) in [7, 11) is 2.16. The van der Waals surface area contributed by atoms with Crippen LogP contribution in [0.1, 0.15) is 61.9 Å². The number of halogens is 1. The number of amides is 2. The van der Waals surface area contributed by atoms with Gasteiger partial charge >= 0.3 is 0 Å². The Hall–Kier alpha value is -2.05. The van der Waals surface area contributed by atoms with Crippen LogP contribution >= 0.6 is 11.6 Å². The quantitative estimate of drug-likeness (QED) is 0.627. The Bertz CT molecular complexity index is 919. The van der Waals surface area contributed by atoms with E-state index in [2.05, 4.69) is 27.6 Å². The number of rotatable bonds is 6. The van der Waals surface area contributed by atoms with Gasteiger partial charge in [0.1, 0.15) is 5.69 Å². The van der Waals surface area contributed by atoms with Crippen LogP contribution in [0.25, 0.3) is 10.9 Å². The second-order valence-electron chi connectivity index (χ2n) is 9.24. The van der Waals surface area contributed by atoms with Crippen LogP contribution in [0.3, 0.4) is 0 Å². The Labute approximate surface area is 189 Å². The van der Waals surface area contributed by atoms with Gasteiger partial charge in [-0.3, -0.25) is 9.59 Å². The van der Waals surface area contributed by atoms with E-state index in [1.807, 2.05) is 18.2 Å². The van der Waals surface area contributed by atoms with E-state index in [4.69, 9.17) is 11.6 Å². The van der Waals surface area contributed by atoms with E-state index < -0.39 is 0 Å².